The molecule has 2 fully saturated rings. The van der Waals surface area contributed by atoms with Crippen molar-refractivity contribution in [1.29, 1.82) is 0 Å². The van der Waals surface area contributed by atoms with E-state index < -0.39 is 0 Å². The Morgan fingerprint density at radius 3 is 2.67 bits per heavy atom. The van der Waals surface area contributed by atoms with Gasteiger partial charge in [-0.2, -0.15) is 0 Å². The third kappa shape index (κ3) is 3.74. The van der Waals surface area contributed by atoms with E-state index in [0.717, 1.165) is 36.7 Å². The molecule has 1 heterocycles. The van der Waals surface area contributed by atoms with Crippen molar-refractivity contribution in [2.45, 2.75) is 32.1 Å². The molecule has 130 valence electrons. The van der Waals surface area contributed by atoms with Crippen molar-refractivity contribution < 1.29 is 14.3 Å². The standard InChI is InChI=1S/C20H27NO3/c1-23-18-9-7-16(19(13-18)24-2)8-10-20(22)21-12-11-15-5-3-4-6-17(15)14-21/h7-10,13,15,17H,3-6,11-12,14H2,1-2H3/b10-8+/t15-,17-/m0/s1. The van der Waals surface area contributed by atoms with Crippen LogP contribution in [-0.4, -0.2) is 38.1 Å². The van der Waals surface area contributed by atoms with Crippen molar-refractivity contribution in [2.24, 2.45) is 11.8 Å². The van der Waals surface area contributed by atoms with Crippen molar-refractivity contribution in [3.05, 3.63) is 29.8 Å². The summed E-state index contributed by atoms with van der Waals surface area (Å²) in [5.41, 5.74) is 0.888. The number of carbonyl (C=O) groups excluding carboxylic acids is 1. The van der Waals surface area contributed by atoms with Crippen LogP contribution in [0.3, 0.4) is 0 Å². The lowest BCUT2D eigenvalue weighted by Gasteiger charge is -2.41. The highest BCUT2D eigenvalue weighted by Gasteiger charge is 2.32. The van der Waals surface area contributed by atoms with Crippen molar-refractivity contribution in [1.82, 2.24) is 4.90 Å². The quantitative estimate of drug-likeness (QED) is 0.790. The number of hydrogen-bond donors (Lipinski definition) is 0. The number of fused-ring (bicyclic) bond motifs is 1. The molecular weight excluding hydrogens is 302 g/mol. The van der Waals surface area contributed by atoms with Crippen LogP contribution in [0.15, 0.2) is 24.3 Å². The Bertz CT molecular complexity index is 611. The van der Waals surface area contributed by atoms with Gasteiger partial charge in [-0.15, -0.1) is 0 Å². The Kier molecular flexibility index (Phi) is 5.44. The summed E-state index contributed by atoms with van der Waals surface area (Å²) < 4.78 is 10.6. The van der Waals surface area contributed by atoms with Crippen LogP contribution >= 0.6 is 0 Å². The van der Waals surface area contributed by atoms with Crippen molar-refractivity contribution in [3.63, 3.8) is 0 Å². The number of ether oxygens (including phenoxy) is 2. The van der Waals surface area contributed by atoms with Gasteiger partial charge in [-0.3, -0.25) is 4.79 Å². The van der Waals surface area contributed by atoms with E-state index in [0.29, 0.717) is 11.7 Å². The number of likely N-dealkylation sites (tertiary alicyclic amines) is 1. The first-order valence-electron chi connectivity index (χ1n) is 8.90. The van der Waals surface area contributed by atoms with Gasteiger partial charge in [-0.25, -0.2) is 0 Å². The Balaban J connectivity index is 1.65. The van der Waals surface area contributed by atoms with Gasteiger partial charge in [0.05, 0.1) is 14.2 Å². The molecular formula is C20H27NO3. The molecule has 0 radical (unpaired) electrons. The molecule has 1 amide bonds. The van der Waals surface area contributed by atoms with Crippen LogP contribution in [0.5, 0.6) is 11.5 Å². The van der Waals surface area contributed by atoms with Gasteiger partial charge in [0.25, 0.3) is 0 Å². The summed E-state index contributed by atoms with van der Waals surface area (Å²) in [6, 6.07) is 5.62. The molecule has 2 atom stereocenters. The highest BCUT2D eigenvalue weighted by molar-refractivity contribution is 5.92. The summed E-state index contributed by atoms with van der Waals surface area (Å²) in [7, 11) is 3.25. The minimum atomic E-state index is 0.108. The van der Waals surface area contributed by atoms with Gasteiger partial charge < -0.3 is 14.4 Å². The molecule has 0 aromatic heterocycles. The fraction of sp³-hybridized carbons (Fsp3) is 0.550. The summed E-state index contributed by atoms with van der Waals surface area (Å²) in [6.07, 6.45) is 10.0. The van der Waals surface area contributed by atoms with Gasteiger partial charge in [0.15, 0.2) is 0 Å². The topological polar surface area (TPSA) is 38.8 Å². The molecule has 1 saturated heterocycles. The molecule has 1 saturated carbocycles. The molecule has 0 N–H and O–H groups in total. The molecule has 0 bridgehead atoms. The molecule has 24 heavy (non-hydrogen) atoms. The van der Waals surface area contributed by atoms with Crippen LogP contribution < -0.4 is 9.47 Å². The van der Waals surface area contributed by atoms with E-state index in [2.05, 4.69) is 0 Å². The van der Waals surface area contributed by atoms with Gasteiger partial charge in [-0.05, 0) is 42.9 Å². The largest absolute Gasteiger partial charge is 0.497 e. The maximum Gasteiger partial charge on any atom is 0.246 e. The van der Waals surface area contributed by atoms with Gasteiger partial charge in [-0.1, -0.05) is 19.3 Å². The highest BCUT2D eigenvalue weighted by Crippen LogP contribution is 2.36. The van der Waals surface area contributed by atoms with Crippen LogP contribution in [0.25, 0.3) is 6.08 Å². The number of nitrogens with zero attached hydrogens (tertiary/aromatic N) is 1. The predicted octanol–water partition coefficient (Wildman–Crippen LogP) is 3.76. The summed E-state index contributed by atoms with van der Waals surface area (Å²) in [4.78, 5) is 14.6. The Morgan fingerprint density at radius 2 is 1.92 bits per heavy atom. The zero-order valence-corrected chi connectivity index (χ0v) is 14.7. The average Bonchev–Trinajstić information content (AvgIpc) is 2.65. The minimum absolute atomic E-state index is 0.108. The van der Waals surface area contributed by atoms with E-state index in [1.807, 2.05) is 29.2 Å². The van der Waals surface area contributed by atoms with Crippen LogP contribution in [-0.2, 0) is 4.79 Å². The van der Waals surface area contributed by atoms with E-state index >= 15 is 0 Å². The molecule has 1 aromatic rings. The normalized spacial score (nSPS) is 23.8. The molecule has 2 aliphatic rings. The molecule has 0 unspecified atom stereocenters. The van der Waals surface area contributed by atoms with Crippen LogP contribution in [0.4, 0.5) is 0 Å². The van der Waals surface area contributed by atoms with E-state index in [1.54, 1.807) is 20.3 Å². The SMILES string of the molecule is COc1ccc(/C=C/C(=O)N2CC[C@@H]3CCCC[C@H]3C2)c(OC)c1. The first-order valence-corrected chi connectivity index (χ1v) is 8.90. The molecule has 1 aliphatic carbocycles. The van der Waals surface area contributed by atoms with Crippen molar-refractivity contribution >= 4 is 12.0 Å². The van der Waals surface area contributed by atoms with Crippen molar-refractivity contribution in [2.75, 3.05) is 27.3 Å². The monoisotopic (exact) mass is 329 g/mol. The molecule has 4 heteroatoms. The van der Waals surface area contributed by atoms with E-state index in [1.165, 1.54) is 25.7 Å². The maximum atomic E-state index is 12.5. The molecule has 4 nitrogen and oxygen atoms in total. The third-order valence-corrected chi connectivity index (χ3v) is 5.45. The van der Waals surface area contributed by atoms with Crippen molar-refractivity contribution in [3.8, 4) is 11.5 Å². The maximum absolute atomic E-state index is 12.5. The van der Waals surface area contributed by atoms with Gasteiger partial charge >= 0.3 is 0 Å². The highest BCUT2D eigenvalue weighted by atomic mass is 16.5. The Hall–Kier alpha value is -1.97. The van der Waals surface area contributed by atoms with Crippen LogP contribution in [0.1, 0.15) is 37.7 Å². The van der Waals surface area contributed by atoms with Gasteiger partial charge in [0, 0.05) is 30.8 Å². The third-order valence-electron chi connectivity index (χ3n) is 5.45. The van der Waals surface area contributed by atoms with Crippen LogP contribution in [0, 0.1) is 11.8 Å². The second-order valence-corrected chi connectivity index (χ2v) is 6.82. The number of rotatable bonds is 4. The van der Waals surface area contributed by atoms with E-state index in [-0.39, 0.29) is 5.91 Å². The van der Waals surface area contributed by atoms with E-state index in [9.17, 15) is 4.79 Å². The number of amides is 1. The zero-order valence-electron chi connectivity index (χ0n) is 14.7. The van der Waals surface area contributed by atoms with Crippen LogP contribution in [0.2, 0.25) is 0 Å². The lowest BCUT2D eigenvalue weighted by atomic mass is 9.75. The van der Waals surface area contributed by atoms with Gasteiger partial charge in [0.2, 0.25) is 5.91 Å². The van der Waals surface area contributed by atoms with E-state index in [4.69, 9.17) is 9.47 Å². The molecule has 1 aliphatic heterocycles. The number of carbonyl (C=O) groups is 1. The predicted molar refractivity (Wildman–Crippen MR) is 95.2 cm³/mol. The summed E-state index contributed by atoms with van der Waals surface area (Å²) >= 11 is 0. The first-order chi connectivity index (χ1) is 11.7. The molecule has 0 spiro atoms. The summed E-state index contributed by atoms with van der Waals surface area (Å²) in [5.74, 6) is 3.12. The average molecular weight is 329 g/mol. The molecule has 1 aromatic carbocycles. The lowest BCUT2D eigenvalue weighted by molar-refractivity contribution is -0.128. The summed E-state index contributed by atoms with van der Waals surface area (Å²) in [5, 5.41) is 0. The minimum Gasteiger partial charge on any atom is -0.497 e. The smallest absolute Gasteiger partial charge is 0.246 e. The molecule has 3 rings (SSSR count). The number of hydrogen-bond acceptors (Lipinski definition) is 3. The zero-order chi connectivity index (χ0) is 16.9. The Labute approximate surface area is 144 Å². The first kappa shape index (κ1) is 16.9. The van der Waals surface area contributed by atoms with Gasteiger partial charge in [0.1, 0.15) is 11.5 Å². The second kappa shape index (κ2) is 7.73. The fourth-order valence-electron chi connectivity index (χ4n) is 4.02. The lowest BCUT2D eigenvalue weighted by Crippen LogP contribution is -2.44. The number of methoxy groups -OCH3 is 2. The summed E-state index contributed by atoms with van der Waals surface area (Å²) in [6.45, 7) is 1.82. The number of benzene rings is 1. The fourth-order valence-corrected chi connectivity index (χ4v) is 4.02. The second-order valence-electron chi connectivity index (χ2n) is 6.82. The Morgan fingerprint density at radius 1 is 1.12 bits per heavy atom. The number of piperidine rings is 1.